The molecular formula is C11H13N3S2. The van der Waals surface area contributed by atoms with Crippen LogP contribution in [0.4, 0.5) is 5.13 Å². The van der Waals surface area contributed by atoms with Crippen molar-refractivity contribution in [3.8, 4) is 10.6 Å². The number of nitrogen functional groups attached to an aromatic ring is 1. The predicted molar refractivity (Wildman–Crippen MR) is 68.8 cm³/mol. The number of hydrogen-bond donors (Lipinski definition) is 1. The fourth-order valence-corrected chi connectivity index (χ4v) is 3.50. The van der Waals surface area contributed by atoms with Crippen LogP contribution in [-0.2, 0) is 6.42 Å². The van der Waals surface area contributed by atoms with Gasteiger partial charge >= 0.3 is 0 Å². The second-order valence-corrected chi connectivity index (χ2v) is 6.21. The molecule has 0 bridgehead atoms. The van der Waals surface area contributed by atoms with E-state index in [0.717, 1.165) is 28.6 Å². The molecule has 0 aromatic carbocycles. The first-order valence-corrected chi connectivity index (χ1v) is 7.09. The Bertz CT molecular complexity index is 511. The molecule has 1 aliphatic rings. The Morgan fingerprint density at radius 2 is 2.25 bits per heavy atom. The average molecular weight is 251 g/mol. The number of nitrogens with two attached hydrogens (primary N) is 1. The van der Waals surface area contributed by atoms with E-state index in [2.05, 4.69) is 15.3 Å². The second-order valence-electron chi connectivity index (χ2n) is 4.24. The third kappa shape index (κ3) is 1.97. The first-order chi connectivity index (χ1) is 7.72. The summed E-state index contributed by atoms with van der Waals surface area (Å²) in [6, 6.07) is 0. The van der Waals surface area contributed by atoms with Crippen molar-refractivity contribution in [2.45, 2.75) is 26.2 Å². The molecule has 0 amide bonds. The molecule has 0 unspecified atom stereocenters. The van der Waals surface area contributed by atoms with Gasteiger partial charge in [-0.2, -0.15) is 0 Å². The molecule has 0 radical (unpaired) electrons. The van der Waals surface area contributed by atoms with Gasteiger partial charge in [0.2, 0.25) is 0 Å². The summed E-state index contributed by atoms with van der Waals surface area (Å²) >= 11 is 3.28. The maximum absolute atomic E-state index is 5.70. The lowest BCUT2D eigenvalue weighted by atomic mass is 10.3. The van der Waals surface area contributed by atoms with Gasteiger partial charge in [-0.15, -0.1) is 11.3 Å². The van der Waals surface area contributed by atoms with E-state index in [4.69, 9.17) is 5.73 Å². The van der Waals surface area contributed by atoms with E-state index in [1.165, 1.54) is 29.2 Å². The summed E-state index contributed by atoms with van der Waals surface area (Å²) in [5.41, 5.74) is 7.74. The van der Waals surface area contributed by atoms with Crippen LogP contribution in [0.25, 0.3) is 10.6 Å². The highest BCUT2D eigenvalue weighted by Crippen LogP contribution is 2.36. The standard InChI is InChI=1S/C11H13N3S2/c1-6-10(16-11(12)13-6)8-5-15-9(14-8)4-7-2-3-7/h5,7H,2-4H2,1H3,(H2,12,13). The van der Waals surface area contributed by atoms with Gasteiger partial charge in [0, 0.05) is 11.8 Å². The van der Waals surface area contributed by atoms with Crippen LogP contribution < -0.4 is 5.73 Å². The van der Waals surface area contributed by atoms with Crippen molar-refractivity contribution < 1.29 is 0 Å². The van der Waals surface area contributed by atoms with Crippen LogP contribution in [0.3, 0.4) is 0 Å². The zero-order valence-electron chi connectivity index (χ0n) is 9.06. The van der Waals surface area contributed by atoms with Crippen molar-refractivity contribution in [3.05, 3.63) is 16.1 Å². The van der Waals surface area contributed by atoms with Gasteiger partial charge < -0.3 is 5.73 Å². The molecule has 2 N–H and O–H groups in total. The van der Waals surface area contributed by atoms with Crippen LogP contribution in [-0.4, -0.2) is 9.97 Å². The summed E-state index contributed by atoms with van der Waals surface area (Å²) in [7, 11) is 0. The predicted octanol–water partition coefficient (Wildman–Crippen LogP) is 3.11. The molecule has 0 aliphatic heterocycles. The Labute approximate surface area is 102 Å². The van der Waals surface area contributed by atoms with E-state index >= 15 is 0 Å². The van der Waals surface area contributed by atoms with Crippen LogP contribution in [0.2, 0.25) is 0 Å². The van der Waals surface area contributed by atoms with Gasteiger partial charge in [0.05, 0.1) is 21.3 Å². The van der Waals surface area contributed by atoms with Gasteiger partial charge in [-0.05, 0) is 25.7 Å². The van der Waals surface area contributed by atoms with E-state index in [1.54, 1.807) is 11.3 Å². The molecule has 0 spiro atoms. The Kier molecular flexibility index (Phi) is 2.44. The Morgan fingerprint density at radius 1 is 1.44 bits per heavy atom. The van der Waals surface area contributed by atoms with Gasteiger partial charge in [0.1, 0.15) is 0 Å². The second kappa shape index (κ2) is 3.82. The summed E-state index contributed by atoms with van der Waals surface area (Å²) < 4.78 is 0. The number of hydrogen-bond acceptors (Lipinski definition) is 5. The van der Waals surface area contributed by atoms with Gasteiger partial charge in [-0.1, -0.05) is 11.3 Å². The van der Waals surface area contributed by atoms with E-state index in [0.29, 0.717) is 5.13 Å². The molecule has 84 valence electrons. The third-order valence-corrected chi connectivity index (χ3v) is 4.64. The topological polar surface area (TPSA) is 51.8 Å². The molecule has 2 aromatic rings. The average Bonchev–Trinajstić information content (AvgIpc) is 2.80. The SMILES string of the molecule is Cc1nc(N)sc1-c1csc(CC2CC2)n1. The smallest absolute Gasteiger partial charge is 0.180 e. The van der Waals surface area contributed by atoms with Crippen LogP contribution in [0, 0.1) is 12.8 Å². The molecule has 1 aliphatic carbocycles. The fraction of sp³-hybridized carbons (Fsp3) is 0.455. The van der Waals surface area contributed by atoms with Gasteiger partial charge in [-0.25, -0.2) is 9.97 Å². The highest BCUT2D eigenvalue weighted by Gasteiger charge is 2.23. The highest BCUT2D eigenvalue weighted by atomic mass is 32.1. The van der Waals surface area contributed by atoms with E-state index in [9.17, 15) is 0 Å². The molecule has 1 saturated carbocycles. The quantitative estimate of drug-likeness (QED) is 0.912. The summed E-state index contributed by atoms with van der Waals surface area (Å²) in [6.45, 7) is 1.99. The maximum atomic E-state index is 5.70. The number of aromatic nitrogens is 2. The molecule has 5 heteroatoms. The summed E-state index contributed by atoms with van der Waals surface area (Å²) in [5.74, 6) is 0.895. The lowest BCUT2D eigenvalue weighted by Crippen LogP contribution is -1.85. The van der Waals surface area contributed by atoms with Gasteiger partial charge in [-0.3, -0.25) is 0 Å². The summed E-state index contributed by atoms with van der Waals surface area (Å²) in [5, 5.41) is 4.01. The van der Waals surface area contributed by atoms with Gasteiger partial charge in [0.15, 0.2) is 5.13 Å². The van der Waals surface area contributed by atoms with Crippen LogP contribution >= 0.6 is 22.7 Å². The molecule has 0 atom stereocenters. The lowest BCUT2D eigenvalue weighted by Gasteiger charge is -1.92. The van der Waals surface area contributed by atoms with Crippen molar-refractivity contribution in [1.29, 1.82) is 0 Å². The molecule has 1 fully saturated rings. The minimum atomic E-state index is 0.629. The number of anilines is 1. The third-order valence-electron chi connectivity index (χ3n) is 2.76. The number of nitrogens with zero attached hydrogens (tertiary/aromatic N) is 2. The zero-order chi connectivity index (χ0) is 11.1. The number of thiazole rings is 2. The molecule has 3 rings (SSSR count). The summed E-state index contributed by atoms with van der Waals surface area (Å²) in [4.78, 5) is 10.0. The van der Waals surface area contributed by atoms with Crippen molar-refractivity contribution >= 4 is 27.8 Å². The Morgan fingerprint density at radius 3 is 2.88 bits per heavy atom. The first-order valence-electron chi connectivity index (χ1n) is 5.40. The van der Waals surface area contributed by atoms with Crippen LogP contribution in [0.1, 0.15) is 23.5 Å². The Balaban J connectivity index is 1.87. The van der Waals surface area contributed by atoms with Crippen molar-refractivity contribution in [3.63, 3.8) is 0 Å². The summed E-state index contributed by atoms with van der Waals surface area (Å²) in [6.07, 6.45) is 3.90. The molecule has 2 heterocycles. The van der Waals surface area contributed by atoms with Crippen molar-refractivity contribution in [2.24, 2.45) is 5.92 Å². The van der Waals surface area contributed by atoms with E-state index < -0.39 is 0 Å². The largest absolute Gasteiger partial charge is 0.375 e. The normalized spacial score (nSPS) is 15.6. The maximum Gasteiger partial charge on any atom is 0.180 e. The monoisotopic (exact) mass is 251 g/mol. The van der Waals surface area contributed by atoms with Crippen LogP contribution in [0.5, 0.6) is 0 Å². The molecular weight excluding hydrogens is 238 g/mol. The minimum Gasteiger partial charge on any atom is -0.375 e. The number of aryl methyl sites for hydroxylation is 1. The Hall–Kier alpha value is -0.940. The molecule has 3 nitrogen and oxygen atoms in total. The van der Waals surface area contributed by atoms with E-state index in [1.807, 2.05) is 6.92 Å². The molecule has 0 saturated heterocycles. The highest BCUT2D eigenvalue weighted by molar-refractivity contribution is 7.19. The first kappa shape index (κ1) is 10.2. The van der Waals surface area contributed by atoms with Crippen molar-refractivity contribution in [2.75, 3.05) is 5.73 Å². The number of rotatable bonds is 3. The van der Waals surface area contributed by atoms with Crippen LogP contribution in [0.15, 0.2) is 5.38 Å². The van der Waals surface area contributed by atoms with Gasteiger partial charge in [0.25, 0.3) is 0 Å². The van der Waals surface area contributed by atoms with Crippen molar-refractivity contribution in [1.82, 2.24) is 9.97 Å². The zero-order valence-corrected chi connectivity index (χ0v) is 10.7. The minimum absolute atomic E-state index is 0.629. The molecule has 16 heavy (non-hydrogen) atoms. The molecule has 2 aromatic heterocycles. The lowest BCUT2D eigenvalue weighted by molar-refractivity contribution is 0.825. The fourth-order valence-electron chi connectivity index (χ4n) is 1.73. The van der Waals surface area contributed by atoms with E-state index in [-0.39, 0.29) is 0 Å².